The number of unbranched alkanes of at least 4 members (excludes halogenated alkanes) is 12. The number of nitrogens with zero attached hydrogens (tertiary/aromatic N) is 1. The van der Waals surface area contributed by atoms with Crippen molar-refractivity contribution in [2.24, 2.45) is 0 Å². The standard InChI is InChI=1S/C26H52NO4P/c1-5-6-7-8-9-10-11-12-13-14-15-16-17-18-19-20-21-22-23-24-26(25-27(2,3)4)31-32(28,29)30/h13-14,18-19,26H,5-12,15-17,20-25H2,1-4H3,(H-,28,29,30)/b14-13-,19-18-. The molecule has 0 saturated heterocycles. The first kappa shape index (κ1) is 31.6. The van der Waals surface area contributed by atoms with Crippen LogP contribution in [0.1, 0.15) is 110 Å². The maximum atomic E-state index is 11.1. The minimum atomic E-state index is -4.68. The molecule has 6 heteroatoms. The predicted molar refractivity (Wildman–Crippen MR) is 135 cm³/mol. The van der Waals surface area contributed by atoms with Gasteiger partial charge in [-0.15, -0.1) is 0 Å². The van der Waals surface area contributed by atoms with Crippen molar-refractivity contribution in [2.75, 3.05) is 27.7 Å². The molecule has 0 heterocycles. The summed E-state index contributed by atoms with van der Waals surface area (Å²) in [6, 6.07) is 0. The Labute approximate surface area is 199 Å². The Morgan fingerprint density at radius 3 is 1.69 bits per heavy atom. The van der Waals surface area contributed by atoms with Crippen molar-refractivity contribution in [3.05, 3.63) is 24.3 Å². The molecule has 0 spiro atoms. The van der Waals surface area contributed by atoms with Gasteiger partial charge in [-0.3, -0.25) is 4.57 Å². The predicted octanol–water partition coefficient (Wildman–Crippen LogP) is 6.91. The quantitative estimate of drug-likeness (QED) is 0.0802. The van der Waals surface area contributed by atoms with Crippen molar-refractivity contribution < 1.29 is 23.4 Å². The first-order valence-corrected chi connectivity index (χ1v) is 14.5. The van der Waals surface area contributed by atoms with E-state index in [0.29, 0.717) is 17.4 Å². The van der Waals surface area contributed by atoms with Crippen molar-refractivity contribution in [2.45, 2.75) is 116 Å². The van der Waals surface area contributed by atoms with Crippen LogP contribution in [-0.4, -0.2) is 43.2 Å². The van der Waals surface area contributed by atoms with Gasteiger partial charge in [0.2, 0.25) is 0 Å². The zero-order valence-electron chi connectivity index (χ0n) is 21.5. The Bertz CT molecular complexity index is 522. The van der Waals surface area contributed by atoms with Gasteiger partial charge in [-0.1, -0.05) is 82.6 Å². The van der Waals surface area contributed by atoms with Crippen LogP contribution in [0.4, 0.5) is 0 Å². The minimum Gasteiger partial charge on any atom is -0.756 e. The Hall–Kier alpha value is -0.450. The van der Waals surface area contributed by atoms with Crippen LogP contribution >= 0.6 is 7.82 Å². The number of hydrogen-bond acceptors (Lipinski definition) is 3. The summed E-state index contributed by atoms with van der Waals surface area (Å²) in [5.41, 5.74) is 0. The molecule has 0 aromatic carbocycles. The van der Waals surface area contributed by atoms with Crippen LogP contribution in [0.2, 0.25) is 0 Å². The number of allylic oxidation sites excluding steroid dienone is 4. The monoisotopic (exact) mass is 473 g/mol. The molecule has 1 N–H and O–H groups in total. The molecular formula is C26H52NO4P. The molecule has 0 aromatic rings. The highest BCUT2D eigenvalue weighted by molar-refractivity contribution is 7.44. The summed E-state index contributed by atoms with van der Waals surface area (Å²) in [6.07, 6.45) is 27.9. The lowest BCUT2D eigenvalue weighted by Gasteiger charge is -2.31. The molecule has 190 valence electrons. The molecule has 32 heavy (non-hydrogen) atoms. The van der Waals surface area contributed by atoms with Crippen LogP contribution in [0.15, 0.2) is 24.3 Å². The first-order valence-electron chi connectivity index (χ1n) is 13.0. The molecular weight excluding hydrogens is 421 g/mol. The van der Waals surface area contributed by atoms with Gasteiger partial charge in [-0.05, 0) is 51.4 Å². The normalized spacial score (nSPS) is 15.6. The topological polar surface area (TPSA) is 69.6 Å². The van der Waals surface area contributed by atoms with Crippen LogP contribution in [-0.2, 0) is 9.09 Å². The SMILES string of the molecule is CCCCCCCCC/C=C\CCC/C=C\CCCCCC(C[N+](C)(C)C)OP(=O)([O-])O. The van der Waals surface area contributed by atoms with Crippen LogP contribution in [0.25, 0.3) is 0 Å². The Morgan fingerprint density at radius 2 is 1.22 bits per heavy atom. The third kappa shape index (κ3) is 25.8. The zero-order chi connectivity index (χ0) is 24.1. The maximum Gasteiger partial charge on any atom is 0.265 e. The summed E-state index contributed by atoms with van der Waals surface area (Å²) in [5, 5.41) is 0. The van der Waals surface area contributed by atoms with Crippen LogP contribution < -0.4 is 4.89 Å². The van der Waals surface area contributed by atoms with Crippen molar-refractivity contribution in [3.8, 4) is 0 Å². The van der Waals surface area contributed by atoms with E-state index in [1.165, 1.54) is 64.2 Å². The van der Waals surface area contributed by atoms with E-state index in [-0.39, 0.29) is 0 Å². The van der Waals surface area contributed by atoms with Gasteiger partial charge < -0.3 is 18.8 Å². The Morgan fingerprint density at radius 1 is 0.781 bits per heavy atom. The van der Waals surface area contributed by atoms with Gasteiger partial charge in [-0.2, -0.15) is 0 Å². The molecule has 2 unspecified atom stereocenters. The molecule has 0 aliphatic carbocycles. The molecule has 0 bridgehead atoms. The lowest BCUT2D eigenvalue weighted by Crippen LogP contribution is -2.42. The van der Waals surface area contributed by atoms with Crippen molar-refractivity contribution in [3.63, 3.8) is 0 Å². The molecule has 2 atom stereocenters. The van der Waals surface area contributed by atoms with Crippen molar-refractivity contribution >= 4 is 7.82 Å². The largest absolute Gasteiger partial charge is 0.756 e. The second kappa shape index (κ2) is 20.0. The number of rotatable bonds is 22. The van der Waals surface area contributed by atoms with Gasteiger partial charge in [0.1, 0.15) is 12.6 Å². The number of hydrogen-bond donors (Lipinski definition) is 1. The average molecular weight is 474 g/mol. The first-order chi connectivity index (χ1) is 15.1. The van der Waals surface area contributed by atoms with Crippen molar-refractivity contribution in [1.82, 2.24) is 0 Å². The fourth-order valence-electron chi connectivity index (χ4n) is 3.83. The summed E-state index contributed by atoms with van der Waals surface area (Å²) in [4.78, 5) is 20.1. The molecule has 0 amide bonds. The number of phosphoric acid groups is 1. The van der Waals surface area contributed by atoms with E-state index in [1.54, 1.807) is 0 Å². The summed E-state index contributed by atoms with van der Waals surface area (Å²) in [7, 11) is 1.28. The fourth-order valence-corrected chi connectivity index (χ4v) is 4.38. The third-order valence-corrected chi connectivity index (χ3v) is 6.04. The average Bonchev–Trinajstić information content (AvgIpc) is 2.67. The van der Waals surface area contributed by atoms with E-state index in [2.05, 4.69) is 31.2 Å². The van der Waals surface area contributed by atoms with E-state index >= 15 is 0 Å². The van der Waals surface area contributed by atoms with Gasteiger partial charge >= 0.3 is 0 Å². The minimum absolute atomic E-state index is 0.460. The molecule has 0 fully saturated rings. The van der Waals surface area contributed by atoms with Crippen LogP contribution in [0.3, 0.4) is 0 Å². The molecule has 0 aliphatic rings. The van der Waals surface area contributed by atoms with Crippen LogP contribution in [0, 0.1) is 0 Å². The van der Waals surface area contributed by atoms with Gasteiger partial charge in [0.15, 0.2) is 0 Å². The number of likely N-dealkylation sites (N-methyl/N-ethyl adjacent to an activating group) is 1. The summed E-state index contributed by atoms with van der Waals surface area (Å²) in [6.45, 7) is 2.82. The molecule has 0 saturated carbocycles. The van der Waals surface area contributed by atoms with E-state index in [0.717, 1.165) is 32.1 Å². The van der Waals surface area contributed by atoms with E-state index < -0.39 is 13.9 Å². The number of phosphoric ester groups is 1. The molecule has 0 aromatic heterocycles. The van der Waals surface area contributed by atoms with E-state index in [9.17, 15) is 9.46 Å². The summed E-state index contributed by atoms with van der Waals surface area (Å²) >= 11 is 0. The van der Waals surface area contributed by atoms with Gasteiger partial charge in [0.25, 0.3) is 7.82 Å². The molecule has 0 radical (unpaired) electrons. The van der Waals surface area contributed by atoms with Crippen LogP contribution in [0.5, 0.6) is 0 Å². The lowest BCUT2D eigenvalue weighted by atomic mass is 10.1. The van der Waals surface area contributed by atoms with Crippen molar-refractivity contribution in [1.29, 1.82) is 0 Å². The maximum absolute atomic E-state index is 11.1. The smallest absolute Gasteiger partial charge is 0.265 e. The fraction of sp³-hybridized carbons (Fsp3) is 0.846. The zero-order valence-corrected chi connectivity index (χ0v) is 22.4. The highest BCUT2D eigenvalue weighted by Gasteiger charge is 2.22. The highest BCUT2D eigenvalue weighted by Crippen LogP contribution is 2.34. The second-order valence-electron chi connectivity index (χ2n) is 10.1. The van der Waals surface area contributed by atoms with Gasteiger partial charge in [0, 0.05) is 0 Å². The van der Waals surface area contributed by atoms with Gasteiger partial charge in [0.05, 0.1) is 21.1 Å². The number of quaternary nitrogens is 1. The van der Waals surface area contributed by atoms with E-state index in [1.807, 2.05) is 21.1 Å². The summed E-state index contributed by atoms with van der Waals surface area (Å²) in [5.74, 6) is 0. The van der Waals surface area contributed by atoms with E-state index in [4.69, 9.17) is 9.42 Å². The molecule has 0 aliphatic heterocycles. The van der Waals surface area contributed by atoms with Gasteiger partial charge in [-0.25, -0.2) is 0 Å². The summed E-state index contributed by atoms with van der Waals surface area (Å²) < 4.78 is 16.5. The Kier molecular flexibility index (Phi) is 19.7. The second-order valence-corrected chi connectivity index (χ2v) is 11.2. The Balaban J connectivity index is 3.62. The third-order valence-electron chi connectivity index (χ3n) is 5.48. The lowest BCUT2D eigenvalue weighted by molar-refractivity contribution is -0.873. The molecule has 5 nitrogen and oxygen atoms in total. The molecule has 0 rings (SSSR count). The highest BCUT2D eigenvalue weighted by atomic mass is 31.2.